The van der Waals surface area contributed by atoms with E-state index >= 15 is 0 Å². The Balaban J connectivity index is 2.10. The van der Waals surface area contributed by atoms with Crippen molar-refractivity contribution in [3.63, 3.8) is 0 Å². The Hall–Kier alpha value is -1.73. The summed E-state index contributed by atoms with van der Waals surface area (Å²) in [6, 6.07) is 0. The minimum absolute atomic E-state index is 0.0811. The number of imidazole rings is 1. The van der Waals surface area contributed by atoms with Crippen molar-refractivity contribution in [2.45, 2.75) is 13.8 Å². The average molecular weight is 310 g/mol. The highest BCUT2D eigenvalue weighted by Crippen LogP contribution is 2.17. The van der Waals surface area contributed by atoms with Crippen LogP contribution in [0.4, 0.5) is 5.95 Å². The van der Waals surface area contributed by atoms with Crippen molar-refractivity contribution in [1.29, 1.82) is 0 Å². The minimum Gasteiger partial charge on any atom is -0.353 e. The number of nitrogens with one attached hydrogen (secondary N) is 1. The molecule has 0 spiro atoms. The quantitative estimate of drug-likeness (QED) is 0.876. The SMILES string of the molecule is CN(C)CC(C)(C)CNc1nc(Cl)nc(-n2ccnc2)n1. The van der Waals surface area contributed by atoms with Crippen LogP contribution in [0.5, 0.6) is 0 Å². The molecule has 0 aliphatic carbocycles. The number of halogens is 1. The fraction of sp³-hybridized carbons (Fsp3) is 0.538. The molecule has 0 aliphatic heterocycles. The second-order valence-corrected chi connectivity index (χ2v) is 6.29. The Morgan fingerprint density at radius 1 is 1.29 bits per heavy atom. The minimum atomic E-state index is 0.0811. The molecule has 21 heavy (non-hydrogen) atoms. The van der Waals surface area contributed by atoms with Crippen molar-refractivity contribution in [2.75, 3.05) is 32.5 Å². The van der Waals surface area contributed by atoms with Crippen LogP contribution >= 0.6 is 11.6 Å². The smallest absolute Gasteiger partial charge is 0.241 e. The molecular weight excluding hydrogens is 290 g/mol. The Labute approximate surface area is 129 Å². The van der Waals surface area contributed by atoms with Crippen LogP contribution in [0.3, 0.4) is 0 Å². The van der Waals surface area contributed by atoms with E-state index in [2.05, 4.69) is 58.1 Å². The first-order valence-electron chi connectivity index (χ1n) is 6.64. The summed E-state index contributed by atoms with van der Waals surface area (Å²) in [5.41, 5.74) is 0.0811. The number of hydrogen-bond donors (Lipinski definition) is 1. The van der Waals surface area contributed by atoms with E-state index in [-0.39, 0.29) is 10.7 Å². The van der Waals surface area contributed by atoms with Crippen molar-refractivity contribution >= 4 is 17.5 Å². The summed E-state index contributed by atoms with van der Waals surface area (Å²) in [6.07, 6.45) is 5.03. The molecule has 0 amide bonds. The van der Waals surface area contributed by atoms with Crippen LogP contribution in [-0.4, -0.2) is 56.6 Å². The maximum Gasteiger partial charge on any atom is 0.241 e. The lowest BCUT2D eigenvalue weighted by Crippen LogP contribution is -2.34. The van der Waals surface area contributed by atoms with Gasteiger partial charge in [-0.1, -0.05) is 13.8 Å². The van der Waals surface area contributed by atoms with Gasteiger partial charge in [-0.2, -0.15) is 15.0 Å². The first-order valence-corrected chi connectivity index (χ1v) is 7.02. The van der Waals surface area contributed by atoms with Gasteiger partial charge in [-0.15, -0.1) is 0 Å². The molecule has 2 aromatic heterocycles. The first-order chi connectivity index (χ1) is 9.85. The van der Waals surface area contributed by atoms with Crippen LogP contribution in [0, 0.1) is 5.41 Å². The predicted molar refractivity (Wildman–Crippen MR) is 82.8 cm³/mol. The van der Waals surface area contributed by atoms with Crippen molar-refractivity contribution in [2.24, 2.45) is 5.41 Å². The zero-order valence-electron chi connectivity index (χ0n) is 12.7. The maximum atomic E-state index is 5.96. The molecule has 7 nitrogen and oxygen atoms in total. The molecule has 8 heteroatoms. The first kappa shape index (κ1) is 15.7. The lowest BCUT2D eigenvalue weighted by Gasteiger charge is -2.28. The Bertz CT molecular complexity index is 580. The van der Waals surface area contributed by atoms with E-state index < -0.39 is 0 Å². The highest BCUT2D eigenvalue weighted by molar-refractivity contribution is 6.28. The Morgan fingerprint density at radius 2 is 2.05 bits per heavy atom. The van der Waals surface area contributed by atoms with E-state index in [1.54, 1.807) is 23.3 Å². The zero-order valence-corrected chi connectivity index (χ0v) is 13.5. The second kappa shape index (κ2) is 6.36. The molecule has 2 heterocycles. The van der Waals surface area contributed by atoms with Crippen molar-refractivity contribution < 1.29 is 0 Å². The fourth-order valence-electron chi connectivity index (χ4n) is 2.14. The molecule has 0 fully saturated rings. The summed E-state index contributed by atoms with van der Waals surface area (Å²) in [5, 5.41) is 3.38. The van der Waals surface area contributed by atoms with E-state index in [9.17, 15) is 0 Å². The van der Waals surface area contributed by atoms with Gasteiger partial charge in [0.05, 0.1) is 0 Å². The molecule has 0 bridgehead atoms. The van der Waals surface area contributed by atoms with Crippen molar-refractivity contribution in [3.05, 3.63) is 24.0 Å². The number of anilines is 1. The third-order valence-corrected chi connectivity index (χ3v) is 2.97. The third-order valence-electron chi connectivity index (χ3n) is 2.80. The largest absolute Gasteiger partial charge is 0.353 e. The highest BCUT2D eigenvalue weighted by Gasteiger charge is 2.19. The molecule has 2 rings (SSSR count). The molecule has 0 unspecified atom stereocenters. The van der Waals surface area contributed by atoms with Crippen molar-refractivity contribution in [3.8, 4) is 5.95 Å². The lowest BCUT2D eigenvalue weighted by atomic mass is 9.93. The van der Waals surface area contributed by atoms with Gasteiger partial charge in [-0.3, -0.25) is 4.57 Å². The topological polar surface area (TPSA) is 71.8 Å². The number of aromatic nitrogens is 5. The molecule has 2 aromatic rings. The summed E-state index contributed by atoms with van der Waals surface area (Å²) in [4.78, 5) is 18.7. The Morgan fingerprint density at radius 3 is 2.67 bits per heavy atom. The van der Waals surface area contributed by atoms with Gasteiger partial charge in [-0.05, 0) is 31.1 Å². The van der Waals surface area contributed by atoms with Gasteiger partial charge in [0.2, 0.25) is 17.2 Å². The fourth-order valence-corrected chi connectivity index (χ4v) is 2.30. The maximum absolute atomic E-state index is 5.96. The summed E-state index contributed by atoms with van der Waals surface area (Å²) in [6.45, 7) is 6.04. The summed E-state index contributed by atoms with van der Waals surface area (Å²) in [7, 11) is 4.11. The number of nitrogens with zero attached hydrogens (tertiary/aromatic N) is 6. The lowest BCUT2D eigenvalue weighted by molar-refractivity contribution is 0.254. The molecule has 0 radical (unpaired) electrons. The van der Waals surface area contributed by atoms with Gasteiger partial charge in [0, 0.05) is 25.5 Å². The molecule has 0 aromatic carbocycles. The molecule has 0 atom stereocenters. The number of rotatable bonds is 6. The Kier molecular flexibility index (Phi) is 4.74. The molecule has 0 saturated carbocycles. The van der Waals surface area contributed by atoms with E-state index in [0.717, 1.165) is 13.1 Å². The zero-order chi connectivity index (χ0) is 15.5. The van der Waals surface area contributed by atoms with E-state index in [4.69, 9.17) is 11.6 Å². The summed E-state index contributed by atoms with van der Waals surface area (Å²) in [5.74, 6) is 0.908. The van der Waals surface area contributed by atoms with Crippen LogP contribution in [0.1, 0.15) is 13.8 Å². The molecular formula is C13H20ClN7. The average Bonchev–Trinajstić information content (AvgIpc) is 2.88. The van der Waals surface area contributed by atoms with Gasteiger partial charge >= 0.3 is 0 Å². The molecule has 114 valence electrons. The molecule has 0 saturated heterocycles. The summed E-state index contributed by atoms with van der Waals surface area (Å²) >= 11 is 5.96. The van der Waals surface area contributed by atoms with Crippen LogP contribution in [0.15, 0.2) is 18.7 Å². The van der Waals surface area contributed by atoms with Crippen molar-refractivity contribution in [1.82, 2.24) is 29.4 Å². The summed E-state index contributed by atoms with van der Waals surface area (Å²) < 4.78 is 1.68. The normalized spacial score (nSPS) is 11.9. The van der Waals surface area contributed by atoms with Gasteiger partial charge in [0.1, 0.15) is 6.33 Å². The molecule has 0 aliphatic rings. The monoisotopic (exact) mass is 309 g/mol. The van der Waals surface area contributed by atoms with Gasteiger partial charge in [0.25, 0.3) is 0 Å². The standard InChI is InChI=1S/C13H20ClN7/c1-13(2,8-20(3)4)7-16-11-17-10(14)18-12(19-11)21-6-5-15-9-21/h5-6,9H,7-8H2,1-4H3,(H,16,17,18,19). The van der Waals surface area contributed by atoms with E-state index in [1.165, 1.54) is 0 Å². The van der Waals surface area contributed by atoms with Crippen LogP contribution in [-0.2, 0) is 0 Å². The van der Waals surface area contributed by atoms with E-state index in [1.807, 2.05) is 0 Å². The second-order valence-electron chi connectivity index (χ2n) is 5.95. The van der Waals surface area contributed by atoms with Crippen LogP contribution in [0.25, 0.3) is 5.95 Å². The highest BCUT2D eigenvalue weighted by atomic mass is 35.5. The number of hydrogen-bond acceptors (Lipinski definition) is 6. The van der Waals surface area contributed by atoms with Crippen LogP contribution < -0.4 is 5.32 Å². The van der Waals surface area contributed by atoms with E-state index in [0.29, 0.717) is 11.9 Å². The predicted octanol–water partition coefficient (Wildman–Crippen LogP) is 1.71. The van der Waals surface area contributed by atoms with Crippen LogP contribution in [0.2, 0.25) is 5.28 Å². The molecule has 1 N–H and O–H groups in total. The van der Waals surface area contributed by atoms with Gasteiger partial charge in [0.15, 0.2) is 0 Å². The van der Waals surface area contributed by atoms with Gasteiger partial charge < -0.3 is 10.2 Å². The third kappa shape index (κ3) is 4.64. The van der Waals surface area contributed by atoms with Gasteiger partial charge in [-0.25, -0.2) is 4.98 Å².